The van der Waals surface area contributed by atoms with Crippen LogP contribution in [0.1, 0.15) is 12.8 Å². The van der Waals surface area contributed by atoms with E-state index in [9.17, 15) is 18.7 Å². The summed E-state index contributed by atoms with van der Waals surface area (Å²) in [5, 5.41) is 10.2. The van der Waals surface area contributed by atoms with Crippen LogP contribution in [0.2, 0.25) is 5.02 Å². The zero-order chi connectivity index (χ0) is 15.5. The quantitative estimate of drug-likeness (QED) is 0.906. The van der Waals surface area contributed by atoms with Gasteiger partial charge in [0.25, 0.3) is 6.43 Å². The van der Waals surface area contributed by atoms with Crippen LogP contribution in [0.25, 0.3) is 0 Å². The van der Waals surface area contributed by atoms with Gasteiger partial charge in [-0.2, -0.15) is 0 Å². The molecule has 1 aromatic carbocycles. The fraction of sp³-hybridized carbons (Fsp3) is 0.500. The summed E-state index contributed by atoms with van der Waals surface area (Å²) in [5.74, 6) is 0.231. The zero-order valence-corrected chi connectivity index (χ0v) is 12.0. The Morgan fingerprint density at radius 2 is 2.29 bits per heavy atom. The van der Waals surface area contributed by atoms with Crippen molar-refractivity contribution in [3.63, 3.8) is 0 Å². The van der Waals surface area contributed by atoms with E-state index in [1.54, 1.807) is 24.3 Å². The average Bonchev–Trinajstić information content (AvgIpc) is 2.83. The summed E-state index contributed by atoms with van der Waals surface area (Å²) in [6.45, 7) is -0.0692. The molecule has 1 fully saturated rings. The molecule has 4 nitrogen and oxygen atoms in total. The Morgan fingerprint density at radius 3 is 2.90 bits per heavy atom. The third kappa shape index (κ3) is 4.04. The summed E-state index contributed by atoms with van der Waals surface area (Å²) in [4.78, 5) is 13.1. The number of hydrogen-bond acceptors (Lipinski definition) is 3. The lowest BCUT2D eigenvalue weighted by atomic mass is 10.1. The Hall–Kier alpha value is -1.40. The van der Waals surface area contributed by atoms with Crippen LogP contribution < -0.4 is 4.74 Å². The Labute approximate surface area is 126 Å². The number of alkyl halides is 2. The van der Waals surface area contributed by atoms with Gasteiger partial charge in [0.1, 0.15) is 11.4 Å². The van der Waals surface area contributed by atoms with Crippen LogP contribution in [0.3, 0.4) is 0 Å². The maximum absolute atomic E-state index is 12.6. The molecule has 1 heterocycles. The molecular formula is C14H16ClF2NO3. The molecule has 0 aliphatic carbocycles. The topological polar surface area (TPSA) is 49.8 Å². The Morgan fingerprint density at radius 1 is 1.52 bits per heavy atom. The van der Waals surface area contributed by atoms with Crippen molar-refractivity contribution >= 4 is 17.5 Å². The van der Waals surface area contributed by atoms with Crippen molar-refractivity contribution in [3.05, 3.63) is 29.3 Å². The van der Waals surface area contributed by atoms with E-state index in [-0.39, 0.29) is 38.4 Å². The van der Waals surface area contributed by atoms with Crippen molar-refractivity contribution in [2.24, 2.45) is 0 Å². The number of likely N-dealkylation sites (tertiary alicyclic amines) is 1. The highest BCUT2D eigenvalue weighted by Gasteiger charge is 2.45. The molecular weight excluding hydrogens is 304 g/mol. The minimum atomic E-state index is -2.85. The Balaban J connectivity index is 1.78. The monoisotopic (exact) mass is 319 g/mol. The van der Waals surface area contributed by atoms with Gasteiger partial charge in [-0.15, -0.1) is 0 Å². The highest BCUT2D eigenvalue weighted by Crippen LogP contribution is 2.28. The van der Waals surface area contributed by atoms with Gasteiger partial charge in [-0.05, 0) is 18.2 Å². The fourth-order valence-electron chi connectivity index (χ4n) is 2.18. The summed E-state index contributed by atoms with van der Waals surface area (Å²) in [5.41, 5.74) is -2.08. The second-order valence-corrected chi connectivity index (χ2v) is 5.46. The molecule has 0 bridgehead atoms. The number of halogens is 3. The van der Waals surface area contributed by atoms with Crippen LogP contribution in [0, 0.1) is 0 Å². The maximum atomic E-state index is 12.6. The Kier molecular flexibility index (Phi) is 5.00. The first-order valence-electron chi connectivity index (χ1n) is 6.57. The van der Waals surface area contributed by atoms with Gasteiger partial charge in [-0.3, -0.25) is 4.79 Å². The summed E-state index contributed by atoms with van der Waals surface area (Å²) in [6.07, 6.45) is -2.89. The van der Waals surface area contributed by atoms with Crippen molar-refractivity contribution in [1.82, 2.24) is 4.90 Å². The number of hydrogen-bond donors (Lipinski definition) is 1. The van der Waals surface area contributed by atoms with E-state index in [0.29, 0.717) is 10.8 Å². The first-order valence-corrected chi connectivity index (χ1v) is 6.95. The first-order chi connectivity index (χ1) is 9.90. The van der Waals surface area contributed by atoms with Gasteiger partial charge >= 0.3 is 0 Å². The van der Waals surface area contributed by atoms with Gasteiger partial charge in [0.05, 0.1) is 19.6 Å². The second-order valence-electron chi connectivity index (χ2n) is 5.03. The van der Waals surface area contributed by atoms with E-state index in [0.717, 1.165) is 0 Å². The highest BCUT2D eigenvalue weighted by molar-refractivity contribution is 6.30. The molecule has 1 atom stereocenters. The zero-order valence-electron chi connectivity index (χ0n) is 11.3. The molecule has 0 aromatic heterocycles. The van der Waals surface area contributed by atoms with Crippen LogP contribution >= 0.6 is 11.6 Å². The first kappa shape index (κ1) is 16.0. The van der Waals surface area contributed by atoms with Crippen molar-refractivity contribution < 1.29 is 23.4 Å². The van der Waals surface area contributed by atoms with E-state index in [1.165, 1.54) is 4.90 Å². The van der Waals surface area contributed by atoms with Gasteiger partial charge in [-0.25, -0.2) is 8.78 Å². The highest BCUT2D eigenvalue weighted by atomic mass is 35.5. The lowest BCUT2D eigenvalue weighted by molar-refractivity contribution is -0.134. The van der Waals surface area contributed by atoms with Crippen molar-refractivity contribution in [1.29, 1.82) is 0 Å². The molecule has 0 radical (unpaired) electrons. The number of carbonyl (C=O) groups is 1. The smallest absolute Gasteiger partial charge is 0.268 e. The number of β-amino-alcohol motifs (C(OH)–C–C–N with tert-alkyl or cyclic N) is 1. The number of carbonyl (C=O) groups excluding carboxylic acids is 1. The molecule has 1 aliphatic heterocycles. The van der Waals surface area contributed by atoms with E-state index in [1.807, 2.05) is 0 Å². The van der Waals surface area contributed by atoms with Crippen LogP contribution in [0.4, 0.5) is 8.78 Å². The minimum absolute atomic E-state index is 0.0613. The van der Waals surface area contributed by atoms with E-state index in [2.05, 4.69) is 0 Å². The normalized spacial score (nSPS) is 21.9. The molecule has 1 saturated heterocycles. The van der Waals surface area contributed by atoms with Gasteiger partial charge in [0.15, 0.2) is 0 Å². The van der Waals surface area contributed by atoms with Gasteiger partial charge in [0.2, 0.25) is 5.91 Å². The van der Waals surface area contributed by atoms with Crippen LogP contribution in [-0.2, 0) is 4.79 Å². The molecule has 1 N–H and O–H groups in total. The predicted octanol–water partition coefficient (Wildman–Crippen LogP) is 2.34. The number of nitrogens with zero attached hydrogens (tertiary/aromatic N) is 1. The summed E-state index contributed by atoms with van der Waals surface area (Å²) in [7, 11) is 0. The molecule has 0 saturated carbocycles. The van der Waals surface area contributed by atoms with Crippen LogP contribution in [0.5, 0.6) is 5.75 Å². The lowest BCUT2D eigenvalue weighted by Crippen LogP contribution is -2.41. The molecule has 1 aliphatic rings. The molecule has 7 heteroatoms. The lowest BCUT2D eigenvalue weighted by Gasteiger charge is -2.22. The van der Waals surface area contributed by atoms with Crippen LogP contribution in [-0.4, -0.2) is 47.6 Å². The predicted molar refractivity (Wildman–Crippen MR) is 73.7 cm³/mol. The summed E-state index contributed by atoms with van der Waals surface area (Å²) >= 11 is 5.80. The molecule has 0 unspecified atom stereocenters. The average molecular weight is 320 g/mol. The minimum Gasteiger partial charge on any atom is -0.493 e. The van der Waals surface area contributed by atoms with Crippen LogP contribution in [0.15, 0.2) is 24.3 Å². The van der Waals surface area contributed by atoms with E-state index < -0.39 is 12.0 Å². The molecule has 1 aromatic rings. The van der Waals surface area contributed by atoms with Gasteiger partial charge in [0, 0.05) is 18.0 Å². The molecule has 2 rings (SSSR count). The van der Waals surface area contributed by atoms with Gasteiger partial charge < -0.3 is 14.7 Å². The fourth-order valence-corrected chi connectivity index (χ4v) is 2.36. The number of aliphatic hydroxyl groups is 1. The third-order valence-electron chi connectivity index (χ3n) is 3.42. The second kappa shape index (κ2) is 6.58. The Bertz CT molecular complexity index is 515. The standard InChI is InChI=1S/C14H16ClF2NO3/c15-10-2-1-3-11(8-10)21-7-4-12(19)18-6-5-14(20,9-18)13(16)17/h1-3,8,13,20H,4-7,9H2/t14-/m0/s1. The summed E-state index contributed by atoms with van der Waals surface area (Å²) in [6, 6.07) is 6.76. The number of ether oxygens (including phenoxy) is 1. The molecule has 21 heavy (non-hydrogen) atoms. The van der Waals surface area contributed by atoms with Crippen molar-refractivity contribution in [3.8, 4) is 5.75 Å². The van der Waals surface area contributed by atoms with Crippen molar-refractivity contribution in [2.45, 2.75) is 24.9 Å². The SMILES string of the molecule is O=C(CCOc1cccc(Cl)c1)N1CC[C@@](O)(C(F)F)C1. The maximum Gasteiger partial charge on any atom is 0.268 e. The number of benzene rings is 1. The molecule has 0 spiro atoms. The number of amides is 1. The molecule has 116 valence electrons. The van der Waals surface area contributed by atoms with Gasteiger partial charge in [-0.1, -0.05) is 17.7 Å². The number of rotatable bonds is 5. The van der Waals surface area contributed by atoms with E-state index in [4.69, 9.17) is 16.3 Å². The largest absolute Gasteiger partial charge is 0.493 e. The third-order valence-corrected chi connectivity index (χ3v) is 3.65. The molecule has 1 amide bonds. The van der Waals surface area contributed by atoms with Crippen molar-refractivity contribution in [2.75, 3.05) is 19.7 Å². The summed E-state index contributed by atoms with van der Waals surface area (Å²) < 4.78 is 30.7. The van der Waals surface area contributed by atoms with E-state index >= 15 is 0 Å².